The number of nitrogens with one attached hydrogen (secondary N) is 6. The van der Waals surface area contributed by atoms with E-state index in [9.17, 15) is 53.4 Å². The van der Waals surface area contributed by atoms with E-state index in [1.165, 1.54) is 18.9 Å². The maximum absolute atomic E-state index is 14.8. The Morgan fingerprint density at radius 1 is 0.866 bits per heavy atom. The molecule has 3 rings (SSSR count). The third-order valence-corrected chi connectivity index (χ3v) is 12.0. The molecular weight excluding hydrogens is 869 g/mol. The molecule has 0 radical (unpaired) electrons. The molecule has 374 valence electrons. The van der Waals surface area contributed by atoms with Gasteiger partial charge >= 0.3 is 11.9 Å². The first-order chi connectivity index (χ1) is 31.7. The Morgan fingerprint density at radius 3 is 2.16 bits per heavy atom. The number of rotatable bonds is 19. The summed E-state index contributed by atoms with van der Waals surface area (Å²) in [4.78, 5) is 128. The molecule has 4 unspecified atom stereocenters. The number of ether oxygens (including phenoxy) is 1. The number of aliphatic hydroxyl groups excluding tert-OH is 1. The average Bonchev–Trinajstić information content (AvgIpc) is 3.26. The fraction of sp³-hybridized carbons (Fsp3) is 0.681. The van der Waals surface area contributed by atoms with E-state index < -0.39 is 120 Å². The van der Waals surface area contributed by atoms with E-state index >= 15 is 0 Å². The van der Waals surface area contributed by atoms with Crippen LogP contribution in [-0.2, 0) is 54.3 Å². The third kappa shape index (κ3) is 16.9. The number of carboxylic acid groups (broad SMARTS) is 1. The van der Waals surface area contributed by atoms with Gasteiger partial charge in [-0.3, -0.25) is 38.4 Å². The highest BCUT2D eigenvalue weighted by molar-refractivity contribution is 5.98. The molecule has 2 fully saturated rings. The number of benzene rings is 1. The summed E-state index contributed by atoms with van der Waals surface area (Å²) in [5.74, 6) is -8.93. The minimum Gasteiger partial charge on any atom is -0.481 e. The van der Waals surface area contributed by atoms with E-state index in [-0.39, 0.29) is 44.4 Å². The van der Waals surface area contributed by atoms with E-state index in [0.717, 1.165) is 11.3 Å². The van der Waals surface area contributed by atoms with Crippen LogP contribution in [0.3, 0.4) is 0 Å². The molecule has 9 atom stereocenters. The summed E-state index contributed by atoms with van der Waals surface area (Å²) in [6.45, 7) is 10.7. The number of piperidine rings is 1. The van der Waals surface area contributed by atoms with Gasteiger partial charge in [0, 0.05) is 19.9 Å². The lowest BCUT2D eigenvalue weighted by atomic mass is 9.94. The molecule has 8 N–H and O–H groups in total. The second-order valence-corrected chi connectivity index (χ2v) is 18.4. The molecule has 2 bridgehead atoms. The van der Waals surface area contributed by atoms with Crippen molar-refractivity contribution in [3.8, 4) is 0 Å². The molecule has 0 aliphatic carbocycles. The lowest BCUT2D eigenvalue weighted by molar-refractivity contribution is -0.166. The molecule has 0 aromatic heterocycles. The number of carbonyl (C=O) groups excluding carboxylic acids is 8. The van der Waals surface area contributed by atoms with Gasteiger partial charge < -0.3 is 56.7 Å². The Labute approximate surface area is 393 Å². The highest BCUT2D eigenvalue weighted by Gasteiger charge is 2.46. The summed E-state index contributed by atoms with van der Waals surface area (Å²) in [6, 6.07) is -1.13. The molecule has 67 heavy (non-hydrogen) atoms. The van der Waals surface area contributed by atoms with Crippen LogP contribution in [0.15, 0.2) is 30.3 Å². The normalized spacial score (nSPS) is 25.2. The highest BCUT2D eigenvalue weighted by Crippen LogP contribution is 2.26. The smallest absolute Gasteiger partial charge is 0.329 e. The summed E-state index contributed by atoms with van der Waals surface area (Å²) in [5, 5.41) is 37.1. The van der Waals surface area contributed by atoms with Crippen molar-refractivity contribution in [2.24, 2.45) is 11.8 Å². The second-order valence-electron chi connectivity index (χ2n) is 18.4. The van der Waals surface area contributed by atoms with Crippen molar-refractivity contribution < 1.29 is 58.1 Å². The Bertz CT molecular complexity index is 1870. The molecular formula is C47H74N8O12. The molecule has 2 saturated heterocycles. The van der Waals surface area contributed by atoms with Crippen LogP contribution in [0, 0.1) is 11.8 Å². The van der Waals surface area contributed by atoms with E-state index in [0.29, 0.717) is 37.8 Å². The molecule has 20 nitrogen and oxygen atoms in total. The number of carboxylic acids is 1. The maximum Gasteiger partial charge on any atom is 0.329 e. The minimum atomic E-state index is -1.80. The standard InChI is InChI=1S/C47H74N8O12/c1-9-10-12-20-36(56)49-33(26-38(58)59)42(61)53-40-29(6)67-47(66)39(28(4)5)52-43(62)34(25-30-17-13-11-14-18-30)54(8)46(65)35(24-27(2)3)55-37(57)22-21-32(45(55)64)51-41(60)31(50-44(40)63)19-15-16-23-48-7/h11,13-14,17-18,27-29,31-35,37,39-40,48,57H,9-10,12,15-16,19-26H2,1-8H3,(H,49,56)(H,50,63)(H,51,60)(H,52,62)(H,53,61)(H,58,59)/t29-,31+,32?,33?,34+,35+,37?,39?,40+/m1/s1. The minimum absolute atomic E-state index is 0.0105. The summed E-state index contributed by atoms with van der Waals surface area (Å²) in [7, 11) is 3.15. The van der Waals surface area contributed by atoms with Crippen molar-refractivity contribution in [1.29, 1.82) is 0 Å². The van der Waals surface area contributed by atoms with Crippen LogP contribution >= 0.6 is 0 Å². The van der Waals surface area contributed by atoms with Gasteiger partial charge in [-0.25, -0.2) is 4.79 Å². The van der Waals surface area contributed by atoms with Crippen LogP contribution < -0.4 is 31.9 Å². The predicted molar refractivity (Wildman–Crippen MR) is 246 cm³/mol. The lowest BCUT2D eigenvalue weighted by Gasteiger charge is -2.43. The van der Waals surface area contributed by atoms with Gasteiger partial charge in [-0.05, 0) is 82.9 Å². The number of nitrogens with zero attached hydrogens (tertiary/aromatic N) is 2. The van der Waals surface area contributed by atoms with Gasteiger partial charge in [-0.2, -0.15) is 0 Å². The van der Waals surface area contributed by atoms with Crippen molar-refractivity contribution in [3.05, 3.63) is 35.9 Å². The van der Waals surface area contributed by atoms with Crippen LogP contribution in [0.4, 0.5) is 0 Å². The number of hydrogen-bond acceptors (Lipinski definition) is 12. The molecule has 1 aromatic rings. The fourth-order valence-corrected chi connectivity index (χ4v) is 8.17. The van der Waals surface area contributed by atoms with Crippen LogP contribution in [-0.4, -0.2) is 149 Å². The fourth-order valence-electron chi connectivity index (χ4n) is 8.17. The number of carbonyl (C=O) groups is 9. The van der Waals surface area contributed by atoms with Crippen molar-refractivity contribution in [2.45, 2.75) is 173 Å². The molecule has 1 aromatic carbocycles. The van der Waals surface area contributed by atoms with Crippen molar-refractivity contribution >= 4 is 53.3 Å². The van der Waals surface area contributed by atoms with Gasteiger partial charge in [-0.15, -0.1) is 0 Å². The van der Waals surface area contributed by atoms with Gasteiger partial charge in [0.2, 0.25) is 41.4 Å². The predicted octanol–water partition coefficient (Wildman–Crippen LogP) is 0.882. The van der Waals surface area contributed by atoms with Crippen molar-refractivity contribution in [3.63, 3.8) is 0 Å². The number of amides is 7. The quantitative estimate of drug-likeness (QED) is 0.0708. The van der Waals surface area contributed by atoms with Gasteiger partial charge in [0.15, 0.2) is 0 Å². The zero-order valence-electron chi connectivity index (χ0n) is 40.3. The van der Waals surface area contributed by atoms with Crippen molar-refractivity contribution in [2.75, 3.05) is 20.6 Å². The Kier molecular flexibility index (Phi) is 22.7. The zero-order chi connectivity index (χ0) is 50.0. The summed E-state index contributed by atoms with van der Waals surface area (Å²) in [5.41, 5.74) is 0.665. The van der Waals surface area contributed by atoms with Gasteiger partial charge in [0.1, 0.15) is 54.6 Å². The molecule has 7 amide bonds. The molecule has 0 saturated carbocycles. The molecule has 20 heteroatoms. The number of aliphatic carboxylic acids is 1. The molecule has 2 aliphatic rings. The first-order valence-corrected chi connectivity index (χ1v) is 23.6. The summed E-state index contributed by atoms with van der Waals surface area (Å²) >= 11 is 0. The summed E-state index contributed by atoms with van der Waals surface area (Å²) < 4.78 is 5.85. The van der Waals surface area contributed by atoms with Crippen LogP contribution in [0.2, 0.25) is 0 Å². The van der Waals surface area contributed by atoms with E-state index in [1.807, 2.05) is 20.8 Å². The van der Waals surface area contributed by atoms with Crippen LogP contribution in [0.25, 0.3) is 0 Å². The number of likely N-dealkylation sites (N-methyl/N-ethyl adjacent to an activating group) is 1. The number of aliphatic hydroxyl groups is 1. The average molecular weight is 943 g/mol. The number of esters is 1. The Balaban J connectivity index is 2.21. The molecule has 0 spiro atoms. The molecule has 2 heterocycles. The Hall–Kier alpha value is -5.63. The van der Waals surface area contributed by atoms with Gasteiger partial charge in [0.05, 0.1) is 6.42 Å². The topological polar surface area (TPSA) is 282 Å². The number of hydrogen-bond donors (Lipinski definition) is 8. The first kappa shape index (κ1) is 55.7. The monoisotopic (exact) mass is 943 g/mol. The zero-order valence-corrected chi connectivity index (χ0v) is 40.3. The van der Waals surface area contributed by atoms with E-state index in [4.69, 9.17) is 4.74 Å². The lowest BCUT2D eigenvalue weighted by Crippen LogP contribution is -2.65. The highest BCUT2D eigenvalue weighted by atomic mass is 16.5. The number of fused-ring (bicyclic) bond motifs is 2. The van der Waals surface area contributed by atoms with E-state index in [1.54, 1.807) is 51.2 Å². The maximum atomic E-state index is 14.8. The first-order valence-electron chi connectivity index (χ1n) is 23.6. The van der Waals surface area contributed by atoms with Crippen molar-refractivity contribution in [1.82, 2.24) is 41.7 Å². The van der Waals surface area contributed by atoms with E-state index in [2.05, 4.69) is 31.9 Å². The molecule has 2 aliphatic heterocycles. The van der Waals surface area contributed by atoms with Crippen LogP contribution in [0.5, 0.6) is 0 Å². The van der Waals surface area contributed by atoms with Gasteiger partial charge in [-0.1, -0.05) is 77.8 Å². The SMILES string of the molecule is CCCCCC(=O)NC(CC(=O)O)C(=O)N[C@@H]1C(=O)N[C@@H](CCCCNC)C(=O)NC2CCC(O)N(C2=O)[C@@H](CC(C)C)C(=O)N(C)[C@@H](Cc2ccccc2)C(=O)NC(C(C)C)C(=O)O[C@@H]1C. The summed E-state index contributed by atoms with van der Waals surface area (Å²) in [6.07, 6.45) is -0.778. The van der Waals surface area contributed by atoms with Crippen LogP contribution in [0.1, 0.15) is 118 Å². The third-order valence-electron chi connectivity index (χ3n) is 12.0. The van der Waals surface area contributed by atoms with Gasteiger partial charge in [0.25, 0.3) is 0 Å². The Morgan fingerprint density at radius 2 is 1.55 bits per heavy atom. The number of cyclic esters (lactones) is 1. The number of unbranched alkanes of at least 4 members (excludes halogenated alkanes) is 3. The largest absolute Gasteiger partial charge is 0.481 e. The second kappa shape index (κ2) is 27.2.